The Morgan fingerprint density at radius 2 is 2.09 bits per heavy atom. The van der Waals surface area contributed by atoms with E-state index in [1.54, 1.807) is 13.8 Å². The summed E-state index contributed by atoms with van der Waals surface area (Å²) in [4.78, 5) is 12.4. The highest BCUT2D eigenvalue weighted by Gasteiger charge is 2.41. The molecule has 1 N–H and O–H groups in total. The van der Waals surface area contributed by atoms with Gasteiger partial charge in [-0.1, -0.05) is 23.8 Å². The number of carbonyl (C=O) groups excluding carboxylic acids is 1. The number of nitriles is 1. The first-order valence-corrected chi connectivity index (χ1v) is 7.51. The quantitative estimate of drug-likeness (QED) is 0.867. The molecule has 1 heterocycles. The Labute approximate surface area is 136 Å². The fourth-order valence-corrected chi connectivity index (χ4v) is 2.86. The number of benzene rings is 1. The van der Waals surface area contributed by atoms with Crippen LogP contribution in [-0.4, -0.2) is 18.5 Å². The van der Waals surface area contributed by atoms with Crippen molar-refractivity contribution in [2.24, 2.45) is 5.92 Å². The molecule has 5 heteroatoms. The van der Waals surface area contributed by atoms with Crippen molar-refractivity contribution in [3.63, 3.8) is 0 Å². The van der Waals surface area contributed by atoms with Gasteiger partial charge in [0, 0.05) is 5.92 Å². The minimum Gasteiger partial charge on any atom is -0.463 e. The molecular formula is C18H20N2O3. The van der Waals surface area contributed by atoms with E-state index in [1.807, 2.05) is 32.0 Å². The first-order chi connectivity index (χ1) is 10.9. The first kappa shape index (κ1) is 16.8. The Morgan fingerprint density at radius 1 is 1.39 bits per heavy atom. The summed E-state index contributed by atoms with van der Waals surface area (Å²) >= 11 is 0. The number of allylic oxidation sites excluding steroid dienone is 1. The lowest BCUT2D eigenvalue weighted by Gasteiger charge is -2.31. The minimum absolute atomic E-state index is 0.135. The highest BCUT2D eigenvalue weighted by atomic mass is 16.5. The van der Waals surface area contributed by atoms with Crippen molar-refractivity contribution in [2.75, 3.05) is 6.61 Å². The normalized spacial score (nSPS) is 20.7. The number of hydrogen-bond donors (Lipinski definition) is 1. The summed E-state index contributed by atoms with van der Waals surface area (Å²) in [6, 6.07) is 7.99. The predicted octanol–water partition coefficient (Wildman–Crippen LogP) is 3.37. The van der Waals surface area contributed by atoms with Gasteiger partial charge < -0.3 is 9.47 Å². The third-order valence-electron chi connectivity index (χ3n) is 3.97. The van der Waals surface area contributed by atoms with E-state index >= 15 is 0 Å². The van der Waals surface area contributed by atoms with Crippen molar-refractivity contribution in [1.82, 2.24) is 0 Å². The molecule has 1 aromatic carbocycles. The number of nitrogens with zero attached hydrogens (tertiary/aromatic N) is 1. The summed E-state index contributed by atoms with van der Waals surface area (Å²) in [7, 11) is 0. The van der Waals surface area contributed by atoms with Crippen molar-refractivity contribution in [1.29, 1.82) is 10.7 Å². The smallest absolute Gasteiger partial charge is 0.338 e. The molecule has 0 radical (unpaired) electrons. The molecule has 1 aliphatic rings. The van der Waals surface area contributed by atoms with Gasteiger partial charge in [0.1, 0.15) is 11.7 Å². The number of aryl methyl sites for hydroxylation is 2. The molecule has 2 unspecified atom stereocenters. The molecule has 0 saturated heterocycles. The second-order valence-electron chi connectivity index (χ2n) is 5.60. The van der Waals surface area contributed by atoms with Gasteiger partial charge in [-0.15, -0.1) is 0 Å². The lowest BCUT2D eigenvalue weighted by atomic mass is 9.77. The fraction of sp³-hybridized carbons (Fsp3) is 0.389. The van der Waals surface area contributed by atoms with E-state index < -0.39 is 17.8 Å². The second kappa shape index (κ2) is 6.66. The Hall–Kier alpha value is -2.61. The van der Waals surface area contributed by atoms with Gasteiger partial charge in [-0.2, -0.15) is 5.26 Å². The van der Waals surface area contributed by atoms with Crippen LogP contribution in [0, 0.1) is 36.5 Å². The summed E-state index contributed by atoms with van der Waals surface area (Å²) in [6.45, 7) is 7.49. The number of rotatable bonds is 3. The maximum atomic E-state index is 12.4. The van der Waals surface area contributed by atoms with Gasteiger partial charge in [-0.25, -0.2) is 4.79 Å². The lowest BCUT2D eigenvalue weighted by molar-refractivity contribution is -0.139. The number of hydrogen-bond acceptors (Lipinski definition) is 5. The molecule has 0 aliphatic carbocycles. The van der Waals surface area contributed by atoms with Crippen LogP contribution in [-0.2, 0) is 14.3 Å². The maximum Gasteiger partial charge on any atom is 0.338 e. The second-order valence-corrected chi connectivity index (χ2v) is 5.60. The van der Waals surface area contributed by atoms with Crippen LogP contribution in [0.4, 0.5) is 0 Å². The Bertz CT molecular complexity index is 728. The van der Waals surface area contributed by atoms with Crippen molar-refractivity contribution in [3.8, 4) is 6.07 Å². The number of nitrogens with one attached hydrogen (secondary N) is 1. The first-order valence-electron chi connectivity index (χ1n) is 7.51. The van der Waals surface area contributed by atoms with E-state index in [9.17, 15) is 10.1 Å². The zero-order valence-electron chi connectivity index (χ0n) is 13.8. The van der Waals surface area contributed by atoms with Crippen LogP contribution in [0.5, 0.6) is 0 Å². The SMILES string of the molecule is CCOC(=O)C1=C(C)OC(=N)C(C#N)C1c1cc(C)ccc1C. The zero-order chi connectivity index (χ0) is 17.1. The van der Waals surface area contributed by atoms with Crippen LogP contribution in [0.25, 0.3) is 0 Å². The van der Waals surface area contributed by atoms with E-state index in [-0.39, 0.29) is 12.5 Å². The van der Waals surface area contributed by atoms with E-state index in [0.717, 1.165) is 16.7 Å². The molecule has 5 nitrogen and oxygen atoms in total. The van der Waals surface area contributed by atoms with Gasteiger partial charge in [0.2, 0.25) is 5.90 Å². The molecule has 120 valence electrons. The standard InChI is InChI=1S/C18H20N2O3/c1-5-22-18(21)15-12(4)23-17(20)14(9-19)16(15)13-8-10(2)6-7-11(13)3/h6-8,14,16,20H,5H2,1-4H3. The minimum atomic E-state index is -0.849. The van der Waals surface area contributed by atoms with Crippen LogP contribution < -0.4 is 0 Å². The number of carbonyl (C=O) groups is 1. The molecular weight excluding hydrogens is 292 g/mol. The monoisotopic (exact) mass is 312 g/mol. The van der Waals surface area contributed by atoms with Crippen molar-refractivity contribution in [3.05, 3.63) is 46.2 Å². The molecule has 2 rings (SSSR count). The Morgan fingerprint density at radius 3 is 2.70 bits per heavy atom. The van der Waals surface area contributed by atoms with Crippen LogP contribution in [0.15, 0.2) is 29.5 Å². The van der Waals surface area contributed by atoms with Crippen LogP contribution in [0.3, 0.4) is 0 Å². The van der Waals surface area contributed by atoms with Crippen LogP contribution >= 0.6 is 0 Å². The summed E-state index contributed by atoms with van der Waals surface area (Å²) < 4.78 is 10.5. The van der Waals surface area contributed by atoms with Crippen molar-refractivity contribution in [2.45, 2.75) is 33.6 Å². The average Bonchev–Trinajstić information content (AvgIpc) is 2.49. The van der Waals surface area contributed by atoms with E-state index in [1.165, 1.54) is 0 Å². The third kappa shape index (κ3) is 3.11. The van der Waals surface area contributed by atoms with Crippen molar-refractivity contribution < 1.29 is 14.3 Å². The molecule has 0 fully saturated rings. The Balaban J connectivity index is 2.67. The molecule has 0 bridgehead atoms. The van der Waals surface area contributed by atoms with E-state index in [4.69, 9.17) is 14.9 Å². The topological polar surface area (TPSA) is 83.2 Å². The number of ether oxygens (including phenoxy) is 2. The molecule has 0 saturated carbocycles. The zero-order valence-corrected chi connectivity index (χ0v) is 13.8. The molecule has 2 atom stereocenters. The van der Waals surface area contributed by atoms with Gasteiger partial charge in [0.05, 0.1) is 18.2 Å². The average molecular weight is 312 g/mol. The van der Waals surface area contributed by atoms with Crippen molar-refractivity contribution >= 4 is 11.9 Å². The predicted molar refractivity (Wildman–Crippen MR) is 85.9 cm³/mol. The highest BCUT2D eigenvalue weighted by Crippen LogP contribution is 2.41. The van der Waals surface area contributed by atoms with Gasteiger partial charge >= 0.3 is 5.97 Å². The summed E-state index contributed by atoms with van der Waals surface area (Å²) in [5.41, 5.74) is 3.17. The van der Waals surface area contributed by atoms with Crippen LogP contribution in [0.2, 0.25) is 0 Å². The summed E-state index contributed by atoms with van der Waals surface area (Å²) in [6.07, 6.45) is 0. The molecule has 0 amide bonds. The van der Waals surface area contributed by atoms with Gasteiger partial charge in [-0.3, -0.25) is 5.41 Å². The molecule has 0 aromatic heterocycles. The maximum absolute atomic E-state index is 12.4. The summed E-state index contributed by atoms with van der Waals surface area (Å²) in [5.74, 6) is -1.71. The third-order valence-corrected chi connectivity index (χ3v) is 3.97. The number of esters is 1. The fourth-order valence-electron chi connectivity index (χ4n) is 2.86. The molecule has 1 aromatic rings. The largest absolute Gasteiger partial charge is 0.463 e. The molecule has 0 spiro atoms. The molecule has 23 heavy (non-hydrogen) atoms. The Kier molecular flexibility index (Phi) is 4.85. The van der Waals surface area contributed by atoms with Gasteiger partial charge in [0.25, 0.3) is 0 Å². The van der Waals surface area contributed by atoms with Gasteiger partial charge in [0.15, 0.2) is 0 Å². The lowest BCUT2D eigenvalue weighted by Crippen LogP contribution is -2.33. The van der Waals surface area contributed by atoms with Gasteiger partial charge in [-0.05, 0) is 38.8 Å². The summed E-state index contributed by atoms with van der Waals surface area (Å²) in [5, 5.41) is 17.5. The van der Waals surface area contributed by atoms with Crippen LogP contribution in [0.1, 0.15) is 36.5 Å². The van der Waals surface area contributed by atoms with E-state index in [0.29, 0.717) is 11.3 Å². The molecule has 1 aliphatic heterocycles. The van der Waals surface area contributed by atoms with E-state index in [2.05, 4.69) is 6.07 Å². The highest BCUT2D eigenvalue weighted by molar-refractivity contribution is 5.96.